The summed E-state index contributed by atoms with van der Waals surface area (Å²) in [5, 5.41) is 2.75. The van der Waals surface area contributed by atoms with Crippen LogP contribution in [0.15, 0.2) is 54.6 Å². The molecular formula is C18H18N2O2. The van der Waals surface area contributed by atoms with E-state index in [0.717, 1.165) is 17.7 Å². The van der Waals surface area contributed by atoms with E-state index in [1.807, 2.05) is 49.4 Å². The Morgan fingerprint density at radius 1 is 1.09 bits per heavy atom. The fourth-order valence-electron chi connectivity index (χ4n) is 2.89. The smallest absolute Gasteiger partial charge is 0.236 e. The molecule has 112 valence electrons. The van der Waals surface area contributed by atoms with Crippen molar-refractivity contribution in [1.29, 1.82) is 0 Å². The van der Waals surface area contributed by atoms with E-state index in [0.29, 0.717) is 5.69 Å². The Labute approximate surface area is 129 Å². The summed E-state index contributed by atoms with van der Waals surface area (Å²) in [6, 6.07) is 17.1. The molecule has 1 aliphatic heterocycles. The van der Waals surface area contributed by atoms with Crippen molar-refractivity contribution in [2.45, 2.75) is 25.8 Å². The highest BCUT2D eigenvalue weighted by molar-refractivity contribution is 6.10. The summed E-state index contributed by atoms with van der Waals surface area (Å²) in [4.78, 5) is 26.3. The lowest BCUT2D eigenvalue weighted by atomic mass is 10.1. The molecule has 1 unspecified atom stereocenters. The summed E-state index contributed by atoms with van der Waals surface area (Å²) >= 11 is 0. The number of hydrogen-bond acceptors (Lipinski definition) is 2. The van der Waals surface area contributed by atoms with Crippen molar-refractivity contribution in [3.05, 3.63) is 60.2 Å². The molecular weight excluding hydrogens is 276 g/mol. The van der Waals surface area contributed by atoms with E-state index in [1.165, 1.54) is 0 Å². The fraction of sp³-hybridized carbons (Fsp3) is 0.222. The Bertz CT molecular complexity index is 697. The van der Waals surface area contributed by atoms with E-state index < -0.39 is 0 Å². The van der Waals surface area contributed by atoms with E-state index in [9.17, 15) is 9.59 Å². The van der Waals surface area contributed by atoms with Gasteiger partial charge in [-0.05, 0) is 37.1 Å². The minimum atomic E-state index is -0.284. The standard InChI is InChI=1S/C18H18N2O2/c1-13-11-14-7-5-6-10-16(14)20(13)18(22)12-17(21)19-15-8-3-2-4-9-15/h2-10,13H,11-12H2,1H3,(H,19,21). The number of benzene rings is 2. The average Bonchev–Trinajstić information content (AvgIpc) is 2.83. The van der Waals surface area contributed by atoms with Gasteiger partial charge in [-0.25, -0.2) is 0 Å². The second-order valence-corrected chi connectivity index (χ2v) is 5.54. The highest BCUT2D eigenvalue weighted by atomic mass is 16.2. The van der Waals surface area contributed by atoms with Crippen LogP contribution in [0.5, 0.6) is 0 Å². The summed E-state index contributed by atoms with van der Waals surface area (Å²) in [7, 11) is 0. The normalized spacial score (nSPS) is 16.2. The number of carbonyl (C=O) groups is 2. The molecule has 1 atom stereocenters. The lowest BCUT2D eigenvalue weighted by molar-refractivity contribution is -0.125. The van der Waals surface area contributed by atoms with Gasteiger partial charge >= 0.3 is 0 Å². The number of para-hydroxylation sites is 2. The van der Waals surface area contributed by atoms with Crippen molar-refractivity contribution in [3.63, 3.8) is 0 Å². The van der Waals surface area contributed by atoms with Gasteiger partial charge in [0.1, 0.15) is 6.42 Å². The molecule has 0 radical (unpaired) electrons. The van der Waals surface area contributed by atoms with Crippen LogP contribution in [-0.4, -0.2) is 17.9 Å². The maximum Gasteiger partial charge on any atom is 0.236 e. The molecule has 1 heterocycles. The van der Waals surface area contributed by atoms with Crippen LogP contribution < -0.4 is 10.2 Å². The van der Waals surface area contributed by atoms with E-state index in [4.69, 9.17) is 0 Å². The van der Waals surface area contributed by atoms with Crippen LogP contribution in [-0.2, 0) is 16.0 Å². The number of nitrogens with zero attached hydrogens (tertiary/aromatic N) is 1. The highest BCUT2D eigenvalue weighted by Crippen LogP contribution is 2.32. The van der Waals surface area contributed by atoms with Gasteiger partial charge in [0.05, 0.1) is 0 Å². The van der Waals surface area contributed by atoms with E-state index in [-0.39, 0.29) is 24.3 Å². The molecule has 0 fully saturated rings. The van der Waals surface area contributed by atoms with Crippen LogP contribution >= 0.6 is 0 Å². The van der Waals surface area contributed by atoms with Crippen molar-refractivity contribution in [2.75, 3.05) is 10.2 Å². The van der Waals surface area contributed by atoms with E-state index in [2.05, 4.69) is 5.32 Å². The summed E-state index contributed by atoms with van der Waals surface area (Å²) in [6.45, 7) is 2.01. The van der Waals surface area contributed by atoms with Crippen LogP contribution in [0.25, 0.3) is 0 Å². The van der Waals surface area contributed by atoms with E-state index >= 15 is 0 Å². The zero-order valence-corrected chi connectivity index (χ0v) is 12.5. The number of nitrogens with one attached hydrogen (secondary N) is 1. The van der Waals surface area contributed by atoms with Gasteiger partial charge in [-0.15, -0.1) is 0 Å². The van der Waals surface area contributed by atoms with Gasteiger partial charge < -0.3 is 10.2 Å². The molecule has 0 bridgehead atoms. The zero-order valence-electron chi connectivity index (χ0n) is 12.5. The number of fused-ring (bicyclic) bond motifs is 1. The Balaban J connectivity index is 1.68. The molecule has 2 amide bonds. The average molecular weight is 294 g/mol. The lowest BCUT2D eigenvalue weighted by Gasteiger charge is -2.22. The SMILES string of the molecule is CC1Cc2ccccc2N1C(=O)CC(=O)Nc1ccccc1. The molecule has 4 nitrogen and oxygen atoms in total. The minimum absolute atomic E-state index is 0.0921. The summed E-state index contributed by atoms with van der Waals surface area (Å²) in [5.41, 5.74) is 2.79. The molecule has 0 aromatic heterocycles. The van der Waals surface area contributed by atoms with Crippen LogP contribution in [0.4, 0.5) is 11.4 Å². The largest absolute Gasteiger partial charge is 0.326 e. The molecule has 4 heteroatoms. The third-order valence-electron chi connectivity index (χ3n) is 3.85. The molecule has 2 aromatic carbocycles. The van der Waals surface area contributed by atoms with Crippen LogP contribution in [0.1, 0.15) is 18.9 Å². The molecule has 22 heavy (non-hydrogen) atoms. The van der Waals surface area contributed by atoms with Gasteiger partial charge in [-0.2, -0.15) is 0 Å². The predicted octanol–water partition coefficient (Wildman–Crippen LogP) is 2.99. The topological polar surface area (TPSA) is 49.4 Å². The van der Waals surface area contributed by atoms with Crippen LogP contribution in [0.3, 0.4) is 0 Å². The molecule has 2 aromatic rings. The Hall–Kier alpha value is -2.62. The first-order chi connectivity index (χ1) is 10.6. The molecule has 0 spiro atoms. The fourth-order valence-corrected chi connectivity index (χ4v) is 2.89. The van der Waals surface area contributed by atoms with Crippen molar-refractivity contribution in [2.24, 2.45) is 0 Å². The molecule has 0 aliphatic carbocycles. The molecule has 3 rings (SSSR count). The van der Waals surface area contributed by atoms with Gasteiger partial charge in [-0.3, -0.25) is 9.59 Å². The highest BCUT2D eigenvalue weighted by Gasteiger charge is 2.31. The maximum atomic E-state index is 12.5. The first kappa shape index (κ1) is 14.3. The van der Waals surface area contributed by atoms with E-state index in [1.54, 1.807) is 17.0 Å². The number of rotatable bonds is 3. The quantitative estimate of drug-likeness (QED) is 0.885. The van der Waals surface area contributed by atoms with Gasteiger partial charge in [0.15, 0.2) is 0 Å². The first-order valence-corrected chi connectivity index (χ1v) is 7.40. The Morgan fingerprint density at radius 2 is 1.77 bits per heavy atom. The zero-order chi connectivity index (χ0) is 15.5. The molecule has 0 saturated heterocycles. The van der Waals surface area contributed by atoms with Gasteiger partial charge in [-0.1, -0.05) is 36.4 Å². The number of hydrogen-bond donors (Lipinski definition) is 1. The van der Waals surface area contributed by atoms with Crippen LogP contribution in [0.2, 0.25) is 0 Å². The van der Waals surface area contributed by atoms with Gasteiger partial charge in [0.25, 0.3) is 0 Å². The van der Waals surface area contributed by atoms with Crippen molar-refractivity contribution in [1.82, 2.24) is 0 Å². The molecule has 0 saturated carbocycles. The third kappa shape index (κ3) is 2.86. The Morgan fingerprint density at radius 3 is 2.55 bits per heavy atom. The van der Waals surface area contributed by atoms with Gasteiger partial charge in [0, 0.05) is 17.4 Å². The van der Waals surface area contributed by atoms with Crippen molar-refractivity contribution < 1.29 is 9.59 Å². The van der Waals surface area contributed by atoms with Gasteiger partial charge in [0.2, 0.25) is 11.8 Å². The maximum absolute atomic E-state index is 12.5. The molecule has 1 N–H and O–H groups in total. The number of carbonyl (C=O) groups excluding carboxylic acids is 2. The minimum Gasteiger partial charge on any atom is -0.326 e. The van der Waals surface area contributed by atoms with Crippen molar-refractivity contribution >= 4 is 23.2 Å². The van der Waals surface area contributed by atoms with Crippen molar-refractivity contribution in [3.8, 4) is 0 Å². The number of amides is 2. The summed E-state index contributed by atoms with van der Waals surface area (Å²) in [5.74, 6) is -0.446. The first-order valence-electron chi connectivity index (χ1n) is 7.40. The molecule has 1 aliphatic rings. The van der Waals surface area contributed by atoms with Crippen LogP contribution in [0, 0.1) is 0 Å². The monoisotopic (exact) mass is 294 g/mol. The Kier molecular flexibility index (Phi) is 3.92. The summed E-state index contributed by atoms with van der Waals surface area (Å²) in [6.07, 6.45) is 0.690. The summed E-state index contributed by atoms with van der Waals surface area (Å²) < 4.78 is 0. The number of anilines is 2. The third-order valence-corrected chi connectivity index (χ3v) is 3.85. The second kappa shape index (κ2) is 6.02. The predicted molar refractivity (Wildman–Crippen MR) is 86.8 cm³/mol. The second-order valence-electron chi connectivity index (χ2n) is 5.54. The lowest BCUT2D eigenvalue weighted by Crippen LogP contribution is -2.37.